The number of hydrogen-bond donors (Lipinski definition) is 0. The average Bonchev–Trinajstić information content (AvgIpc) is 2.34. The van der Waals surface area contributed by atoms with Crippen LogP contribution in [-0.4, -0.2) is 9.97 Å². The van der Waals surface area contributed by atoms with Gasteiger partial charge in [0.1, 0.15) is 5.15 Å². The molecular weight excluding hydrogens is 324 g/mol. The summed E-state index contributed by atoms with van der Waals surface area (Å²) in [6.07, 6.45) is 0. The average molecular weight is 340 g/mol. The van der Waals surface area contributed by atoms with Gasteiger partial charge in [-0.25, -0.2) is 9.97 Å². The second-order valence-electron chi connectivity index (χ2n) is 5.56. The summed E-state index contributed by atoms with van der Waals surface area (Å²) in [5.41, 5.74) is 3.25. The Morgan fingerprint density at radius 3 is 2.11 bits per heavy atom. The van der Waals surface area contributed by atoms with Crippen molar-refractivity contribution < 1.29 is 0 Å². The van der Waals surface area contributed by atoms with E-state index in [9.17, 15) is 0 Å². The van der Waals surface area contributed by atoms with Gasteiger partial charge >= 0.3 is 0 Å². The van der Waals surface area contributed by atoms with Gasteiger partial charge in [-0.2, -0.15) is 0 Å². The van der Waals surface area contributed by atoms with Gasteiger partial charge in [0.2, 0.25) is 0 Å². The first-order valence-corrected chi connectivity index (χ1v) is 7.26. The monoisotopic (exact) mass is 338 g/mol. The molecule has 4 heteroatoms. The predicted molar refractivity (Wildman–Crippen MR) is 83.6 cm³/mol. The molecule has 0 radical (unpaired) electrons. The van der Waals surface area contributed by atoms with Crippen LogP contribution < -0.4 is 0 Å². The zero-order chi connectivity index (χ0) is 14.2. The van der Waals surface area contributed by atoms with Crippen LogP contribution in [0.3, 0.4) is 0 Å². The maximum atomic E-state index is 6.07. The van der Waals surface area contributed by atoms with Gasteiger partial charge in [-0.3, -0.25) is 0 Å². The molecular formula is C15H16BrClN2. The normalized spacial score (nSPS) is 11.7. The molecule has 0 saturated heterocycles. The van der Waals surface area contributed by atoms with Crippen LogP contribution in [0.5, 0.6) is 0 Å². The molecule has 0 aliphatic heterocycles. The number of aryl methyl sites for hydroxylation is 1. The third-order valence-electron chi connectivity index (χ3n) is 2.99. The van der Waals surface area contributed by atoms with E-state index < -0.39 is 0 Å². The van der Waals surface area contributed by atoms with Crippen LogP contribution in [0.4, 0.5) is 0 Å². The minimum Gasteiger partial charge on any atom is -0.232 e. The van der Waals surface area contributed by atoms with Crippen molar-refractivity contribution in [3.8, 4) is 11.4 Å². The molecule has 0 amide bonds. The van der Waals surface area contributed by atoms with E-state index in [1.807, 2.05) is 19.1 Å². The molecule has 0 atom stereocenters. The van der Waals surface area contributed by atoms with Gasteiger partial charge in [0, 0.05) is 5.56 Å². The Bertz CT molecular complexity index is 578. The van der Waals surface area contributed by atoms with Crippen LogP contribution in [0.2, 0.25) is 5.15 Å². The molecule has 19 heavy (non-hydrogen) atoms. The zero-order valence-corrected chi connectivity index (χ0v) is 13.8. The summed E-state index contributed by atoms with van der Waals surface area (Å²) in [6.45, 7) is 8.49. The zero-order valence-electron chi connectivity index (χ0n) is 11.5. The molecule has 0 spiro atoms. The molecule has 2 nitrogen and oxygen atoms in total. The van der Waals surface area contributed by atoms with Gasteiger partial charge in [-0.1, -0.05) is 56.6 Å². The van der Waals surface area contributed by atoms with Crippen LogP contribution in [0.1, 0.15) is 32.0 Å². The van der Waals surface area contributed by atoms with Gasteiger partial charge in [0.05, 0.1) is 10.2 Å². The number of halogens is 2. The molecule has 0 unspecified atom stereocenters. The first-order valence-electron chi connectivity index (χ1n) is 6.09. The molecule has 1 heterocycles. The topological polar surface area (TPSA) is 25.8 Å². The summed E-state index contributed by atoms with van der Waals surface area (Å²) in [6, 6.07) is 8.31. The van der Waals surface area contributed by atoms with Crippen LogP contribution in [0.15, 0.2) is 28.7 Å². The first kappa shape index (κ1) is 14.5. The van der Waals surface area contributed by atoms with Crippen molar-refractivity contribution in [2.75, 3.05) is 0 Å². The van der Waals surface area contributed by atoms with E-state index in [-0.39, 0.29) is 5.41 Å². The molecule has 0 aliphatic rings. The highest BCUT2D eigenvalue weighted by molar-refractivity contribution is 9.10. The SMILES string of the molecule is Cc1nc(-c2ccc(C(C)(C)C)cc2)nc(Cl)c1Br. The van der Waals surface area contributed by atoms with Gasteiger partial charge in [-0.15, -0.1) is 0 Å². The van der Waals surface area contributed by atoms with Crippen LogP contribution in [0.25, 0.3) is 11.4 Å². The third kappa shape index (κ3) is 3.15. The molecule has 0 saturated carbocycles. The van der Waals surface area contributed by atoms with Gasteiger partial charge in [0.15, 0.2) is 5.82 Å². The highest BCUT2D eigenvalue weighted by Crippen LogP contribution is 2.28. The lowest BCUT2D eigenvalue weighted by Gasteiger charge is -2.19. The van der Waals surface area contributed by atoms with E-state index in [4.69, 9.17) is 11.6 Å². The summed E-state index contributed by atoms with van der Waals surface area (Å²) < 4.78 is 0.754. The molecule has 0 bridgehead atoms. The molecule has 1 aromatic heterocycles. The van der Waals surface area contributed by atoms with Crippen LogP contribution in [-0.2, 0) is 5.41 Å². The summed E-state index contributed by atoms with van der Waals surface area (Å²) >= 11 is 9.44. The fourth-order valence-electron chi connectivity index (χ4n) is 1.77. The maximum Gasteiger partial charge on any atom is 0.161 e. The standard InChI is InChI=1S/C15H16BrClN2/c1-9-12(16)13(17)19-14(18-9)10-5-7-11(8-6-10)15(2,3)4/h5-8H,1-4H3. The van der Waals surface area contributed by atoms with Crippen molar-refractivity contribution in [1.82, 2.24) is 9.97 Å². The molecule has 2 aromatic rings. The summed E-state index contributed by atoms with van der Waals surface area (Å²) in [4.78, 5) is 8.76. The Labute approximate surface area is 127 Å². The highest BCUT2D eigenvalue weighted by Gasteiger charge is 2.14. The quantitative estimate of drug-likeness (QED) is 0.670. The molecule has 100 valence electrons. The Balaban J connectivity index is 2.43. The Morgan fingerprint density at radius 2 is 1.63 bits per heavy atom. The predicted octanol–water partition coefficient (Wildman–Crippen LogP) is 5.17. The first-order chi connectivity index (χ1) is 8.79. The fourth-order valence-corrected chi connectivity index (χ4v) is 2.17. The second kappa shape index (κ2) is 5.22. The van der Waals surface area contributed by atoms with Crippen molar-refractivity contribution >= 4 is 27.5 Å². The van der Waals surface area contributed by atoms with Gasteiger partial charge in [0.25, 0.3) is 0 Å². The van der Waals surface area contributed by atoms with Crippen LogP contribution in [0, 0.1) is 6.92 Å². The van der Waals surface area contributed by atoms with E-state index in [1.54, 1.807) is 0 Å². The molecule has 0 fully saturated rings. The minimum absolute atomic E-state index is 0.146. The summed E-state index contributed by atoms with van der Waals surface area (Å²) in [5, 5.41) is 0.447. The van der Waals surface area contributed by atoms with Crippen molar-refractivity contribution in [3.05, 3.63) is 45.1 Å². The fraction of sp³-hybridized carbons (Fsp3) is 0.333. The van der Waals surface area contributed by atoms with Gasteiger partial charge in [-0.05, 0) is 33.8 Å². The summed E-state index contributed by atoms with van der Waals surface area (Å²) in [7, 11) is 0. The molecule has 2 rings (SSSR count). The lowest BCUT2D eigenvalue weighted by molar-refractivity contribution is 0.590. The highest BCUT2D eigenvalue weighted by atomic mass is 79.9. The Kier molecular flexibility index (Phi) is 3.98. The van der Waals surface area contributed by atoms with Crippen molar-refractivity contribution in [3.63, 3.8) is 0 Å². The van der Waals surface area contributed by atoms with E-state index >= 15 is 0 Å². The molecule has 0 aliphatic carbocycles. The minimum atomic E-state index is 0.146. The summed E-state index contributed by atoms with van der Waals surface area (Å²) in [5.74, 6) is 0.658. The van der Waals surface area contributed by atoms with E-state index in [0.717, 1.165) is 15.7 Å². The van der Waals surface area contributed by atoms with Gasteiger partial charge < -0.3 is 0 Å². The number of benzene rings is 1. The second-order valence-corrected chi connectivity index (χ2v) is 6.72. The van der Waals surface area contributed by atoms with Crippen molar-refractivity contribution in [2.45, 2.75) is 33.1 Å². The number of nitrogens with zero attached hydrogens (tertiary/aromatic N) is 2. The van der Waals surface area contributed by atoms with E-state index in [2.05, 4.69) is 58.8 Å². The maximum absolute atomic E-state index is 6.07. The van der Waals surface area contributed by atoms with E-state index in [0.29, 0.717) is 11.0 Å². The lowest BCUT2D eigenvalue weighted by Crippen LogP contribution is -2.10. The number of aromatic nitrogens is 2. The largest absolute Gasteiger partial charge is 0.232 e. The molecule has 0 N–H and O–H groups in total. The van der Waals surface area contributed by atoms with E-state index in [1.165, 1.54) is 5.56 Å². The molecule has 1 aromatic carbocycles. The third-order valence-corrected chi connectivity index (χ3v) is 4.44. The lowest BCUT2D eigenvalue weighted by atomic mass is 9.87. The van der Waals surface area contributed by atoms with Crippen LogP contribution >= 0.6 is 27.5 Å². The number of hydrogen-bond acceptors (Lipinski definition) is 2. The Hall–Kier alpha value is -0.930. The van der Waals surface area contributed by atoms with Crippen molar-refractivity contribution in [1.29, 1.82) is 0 Å². The van der Waals surface area contributed by atoms with Crippen molar-refractivity contribution in [2.24, 2.45) is 0 Å². The number of rotatable bonds is 1. The smallest absolute Gasteiger partial charge is 0.161 e. The Morgan fingerprint density at radius 1 is 1.05 bits per heavy atom.